The molecule has 4 saturated carbocycles. The second-order valence-electron chi connectivity index (χ2n) is 14.0. The summed E-state index contributed by atoms with van der Waals surface area (Å²) in [6.07, 6.45) is 12.0. The van der Waals surface area contributed by atoms with Gasteiger partial charge in [-0.2, -0.15) is 0 Å². The zero-order valence-corrected chi connectivity index (χ0v) is 27.1. The molecule has 9 atom stereocenters. The lowest BCUT2D eigenvalue weighted by atomic mass is 9.44. The number of rotatable bonds is 5. The first-order chi connectivity index (χ1) is 20.1. The van der Waals surface area contributed by atoms with Gasteiger partial charge in [0.1, 0.15) is 6.10 Å². The van der Waals surface area contributed by atoms with E-state index < -0.39 is 0 Å². The highest BCUT2D eigenvalue weighted by molar-refractivity contribution is 9.10. The lowest BCUT2D eigenvalue weighted by molar-refractivity contribution is -0.167. The molecule has 4 heteroatoms. The molecule has 0 bridgehead atoms. The molecule has 4 aliphatic rings. The Morgan fingerprint density at radius 2 is 1.52 bits per heavy atom. The zero-order valence-electron chi connectivity index (χ0n) is 25.5. The van der Waals surface area contributed by atoms with E-state index in [1.807, 2.05) is 0 Å². The lowest BCUT2D eigenvalue weighted by Gasteiger charge is -2.61. The van der Waals surface area contributed by atoms with Crippen molar-refractivity contribution >= 4 is 33.3 Å². The van der Waals surface area contributed by atoms with Crippen LogP contribution in [0.5, 0.6) is 0 Å². The van der Waals surface area contributed by atoms with Crippen molar-refractivity contribution in [3.63, 3.8) is 0 Å². The normalized spacial score (nSPS) is 37.7. The van der Waals surface area contributed by atoms with E-state index in [1.165, 1.54) is 35.6 Å². The van der Waals surface area contributed by atoms with Gasteiger partial charge in [0, 0.05) is 12.8 Å². The number of Topliss-reactive ketones (excluding diaryl/α,β-unsaturated/α-hetero) is 1. The molecule has 2 aromatic carbocycles. The first-order valence-corrected chi connectivity index (χ1v) is 16.9. The second-order valence-corrected chi connectivity index (χ2v) is 14.9. The maximum absolute atomic E-state index is 14.5. The number of benzene rings is 2. The molecule has 4 fully saturated rings. The quantitative estimate of drug-likeness (QED) is 0.188. The summed E-state index contributed by atoms with van der Waals surface area (Å²) in [6, 6.07) is 21.3. The van der Waals surface area contributed by atoms with E-state index in [9.17, 15) is 9.59 Å². The number of fused-ring (bicyclic) bond motifs is 5. The Kier molecular flexibility index (Phi) is 8.15. The van der Waals surface area contributed by atoms with E-state index in [0.717, 1.165) is 38.5 Å². The van der Waals surface area contributed by atoms with Crippen LogP contribution >= 0.6 is 15.9 Å². The standard InChI is InChI=1S/C38H45BrO3/c1-24(15-17-30(26-11-7-5-8-12-26)27-13-9-6-10-14-27)32-19-20-33-31-18-16-28-23-29(42-25(2)40)21-22-37(28,3)34(31)35(41)36(39)38(32,33)4/h5-15,17,28-29,31-34,36H,16,18-23H2,1-4H3/b24-15-/t28-,29-,31+,32-,33+,34-,36+,37-,38+/m0/s1. The third-order valence-corrected chi connectivity index (χ3v) is 13.4. The number of allylic oxidation sites excluding steroid dienone is 3. The molecule has 0 spiro atoms. The number of ketones is 1. The highest BCUT2D eigenvalue weighted by atomic mass is 79.9. The van der Waals surface area contributed by atoms with Gasteiger partial charge in [0.15, 0.2) is 5.78 Å². The lowest BCUT2D eigenvalue weighted by Crippen LogP contribution is -2.62. The van der Waals surface area contributed by atoms with E-state index in [2.05, 4.69) is 110 Å². The van der Waals surface area contributed by atoms with Crippen molar-refractivity contribution in [2.45, 2.75) is 83.6 Å². The maximum atomic E-state index is 14.5. The summed E-state index contributed by atoms with van der Waals surface area (Å²) in [4.78, 5) is 26.0. The largest absolute Gasteiger partial charge is 0.463 e. The molecular weight excluding hydrogens is 584 g/mol. The first-order valence-electron chi connectivity index (χ1n) is 16.0. The van der Waals surface area contributed by atoms with Gasteiger partial charge in [0.2, 0.25) is 0 Å². The summed E-state index contributed by atoms with van der Waals surface area (Å²) in [5.74, 6) is 2.14. The minimum Gasteiger partial charge on any atom is -0.463 e. The van der Waals surface area contributed by atoms with Crippen LogP contribution in [0.15, 0.2) is 78.4 Å². The molecule has 0 saturated heterocycles. The molecular formula is C38H45BrO3. The minimum atomic E-state index is -0.183. The van der Waals surface area contributed by atoms with Gasteiger partial charge in [-0.1, -0.05) is 108 Å². The number of hydrogen-bond acceptors (Lipinski definition) is 3. The molecule has 0 N–H and O–H groups in total. The second kappa shape index (κ2) is 11.6. The summed E-state index contributed by atoms with van der Waals surface area (Å²) < 4.78 is 5.65. The van der Waals surface area contributed by atoms with Crippen LogP contribution < -0.4 is 0 Å². The number of alkyl halides is 1. The Bertz CT molecular complexity index is 1340. The SMILES string of the molecule is CC(=O)O[C@H]1CC[C@@]2(C)[C@@H](CC[C@H]3[C@H]2C(=O)[C@@H](Br)[C@@]2(C)[C@@H]3CC[C@H]2/C(C)=C\C=C(c2ccccc2)c2ccccc2)C1. The summed E-state index contributed by atoms with van der Waals surface area (Å²) >= 11 is 4.06. The number of halogens is 1. The smallest absolute Gasteiger partial charge is 0.302 e. The molecule has 0 amide bonds. The highest BCUT2D eigenvalue weighted by Crippen LogP contribution is 2.68. The minimum absolute atomic E-state index is 0.00399. The van der Waals surface area contributed by atoms with Crippen LogP contribution in [0.2, 0.25) is 0 Å². The van der Waals surface area contributed by atoms with E-state index in [4.69, 9.17) is 4.74 Å². The van der Waals surface area contributed by atoms with Crippen LogP contribution in [0.1, 0.15) is 83.8 Å². The molecule has 3 nitrogen and oxygen atoms in total. The van der Waals surface area contributed by atoms with Crippen molar-refractivity contribution in [2.75, 3.05) is 0 Å². The van der Waals surface area contributed by atoms with E-state index in [-0.39, 0.29) is 33.6 Å². The van der Waals surface area contributed by atoms with Gasteiger partial charge < -0.3 is 4.74 Å². The molecule has 222 valence electrons. The van der Waals surface area contributed by atoms with E-state index in [0.29, 0.717) is 29.5 Å². The molecule has 42 heavy (non-hydrogen) atoms. The van der Waals surface area contributed by atoms with E-state index >= 15 is 0 Å². The summed E-state index contributed by atoms with van der Waals surface area (Å²) in [6.45, 7) is 8.59. The highest BCUT2D eigenvalue weighted by Gasteiger charge is 2.66. The van der Waals surface area contributed by atoms with Crippen molar-refractivity contribution in [3.05, 3.63) is 89.5 Å². The Balaban J connectivity index is 1.29. The molecule has 0 heterocycles. The maximum Gasteiger partial charge on any atom is 0.302 e. The monoisotopic (exact) mass is 628 g/mol. The van der Waals surface area contributed by atoms with Crippen LogP contribution in [0.4, 0.5) is 0 Å². The van der Waals surface area contributed by atoms with Crippen LogP contribution in [-0.4, -0.2) is 22.7 Å². The Hall–Kier alpha value is -2.46. The number of ether oxygens (including phenoxy) is 1. The Morgan fingerprint density at radius 3 is 2.14 bits per heavy atom. The van der Waals surface area contributed by atoms with Crippen LogP contribution in [-0.2, 0) is 14.3 Å². The van der Waals surface area contributed by atoms with Gasteiger partial charge in [0.25, 0.3) is 0 Å². The molecule has 0 radical (unpaired) electrons. The molecule has 4 aliphatic carbocycles. The van der Waals surface area contributed by atoms with Gasteiger partial charge in [-0.25, -0.2) is 0 Å². The van der Waals surface area contributed by atoms with Crippen molar-refractivity contribution in [2.24, 2.45) is 40.4 Å². The summed E-state index contributed by atoms with van der Waals surface area (Å²) in [5, 5.41) is 0. The molecule has 2 aromatic rings. The van der Waals surface area contributed by atoms with Gasteiger partial charge in [-0.05, 0) is 103 Å². The summed E-state index contributed by atoms with van der Waals surface area (Å²) in [7, 11) is 0. The fourth-order valence-corrected chi connectivity index (χ4v) is 10.9. The number of hydrogen-bond donors (Lipinski definition) is 0. The molecule has 0 aliphatic heterocycles. The van der Waals surface area contributed by atoms with Crippen LogP contribution in [0, 0.1) is 40.4 Å². The molecule has 0 aromatic heterocycles. The average Bonchev–Trinajstić information content (AvgIpc) is 3.35. The van der Waals surface area contributed by atoms with Crippen molar-refractivity contribution in [3.8, 4) is 0 Å². The van der Waals surface area contributed by atoms with Gasteiger partial charge >= 0.3 is 5.97 Å². The molecule has 0 unspecified atom stereocenters. The third-order valence-electron chi connectivity index (χ3n) is 12.0. The fraction of sp³-hybridized carbons (Fsp3) is 0.526. The van der Waals surface area contributed by atoms with Crippen molar-refractivity contribution in [1.29, 1.82) is 0 Å². The van der Waals surface area contributed by atoms with E-state index in [1.54, 1.807) is 0 Å². The van der Waals surface area contributed by atoms with Crippen LogP contribution in [0.3, 0.4) is 0 Å². The topological polar surface area (TPSA) is 43.4 Å². The first kappa shape index (κ1) is 29.6. The van der Waals surface area contributed by atoms with Crippen molar-refractivity contribution < 1.29 is 14.3 Å². The third kappa shape index (κ3) is 4.96. The number of esters is 1. The zero-order chi connectivity index (χ0) is 29.6. The van der Waals surface area contributed by atoms with Crippen LogP contribution in [0.25, 0.3) is 5.57 Å². The van der Waals surface area contributed by atoms with Gasteiger partial charge in [-0.15, -0.1) is 0 Å². The summed E-state index contributed by atoms with van der Waals surface area (Å²) in [5.41, 5.74) is 4.93. The number of carbonyl (C=O) groups excluding carboxylic acids is 2. The predicted octanol–water partition coefficient (Wildman–Crippen LogP) is 9.21. The Labute approximate surface area is 260 Å². The van der Waals surface area contributed by atoms with Gasteiger partial charge in [0.05, 0.1) is 4.83 Å². The van der Waals surface area contributed by atoms with Crippen molar-refractivity contribution in [1.82, 2.24) is 0 Å². The van der Waals surface area contributed by atoms with Gasteiger partial charge in [-0.3, -0.25) is 9.59 Å². The average molecular weight is 630 g/mol. The molecule has 6 rings (SSSR count). The fourth-order valence-electron chi connectivity index (χ4n) is 9.97. The predicted molar refractivity (Wildman–Crippen MR) is 173 cm³/mol. The number of carbonyl (C=O) groups is 2. The Morgan fingerprint density at radius 1 is 0.881 bits per heavy atom.